The van der Waals surface area contributed by atoms with Gasteiger partial charge in [-0.1, -0.05) is 42.0 Å². The first kappa shape index (κ1) is 13.8. The Labute approximate surface area is 136 Å². The SMILES string of the molecule is COc1ccc(/C=C2\c3cc(C)ccc3-c3ncccc32)cc1. The van der Waals surface area contributed by atoms with Gasteiger partial charge in [0.2, 0.25) is 0 Å². The summed E-state index contributed by atoms with van der Waals surface area (Å²) in [5.74, 6) is 0.872. The first-order chi connectivity index (χ1) is 11.3. The third-order valence-electron chi connectivity index (χ3n) is 4.25. The van der Waals surface area contributed by atoms with Crippen molar-refractivity contribution in [2.45, 2.75) is 6.92 Å². The summed E-state index contributed by atoms with van der Waals surface area (Å²) in [5, 5.41) is 0. The third kappa shape index (κ3) is 2.33. The fourth-order valence-electron chi connectivity index (χ4n) is 3.09. The van der Waals surface area contributed by atoms with Gasteiger partial charge >= 0.3 is 0 Å². The average molecular weight is 299 g/mol. The summed E-state index contributed by atoms with van der Waals surface area (Å²) in [6, 6.07) is 18.8. The fraction of sp³-hybridized carbons (Fsp3) is 0.0952. The lowest BCUT2D eigenvalue weighted by molar-refractivity contribution is 0.415. The molecule has 2 heteroatoms. The maximum absolute atomic E-state index is 5.24. The standard InChI is InChI=1S/C21H17NO/c1-14-5-10-18-19(12-14)20(17-4-3-11-22-21(17)18)13-15-6-8-16(23-2)9-7-15/h3-13H,1-2H3/b20-13-. The minimum Gasteiger partial charge on any atom is -0.497 e. The van der Waals surface area contributed by atoms with Crippen molar-refractivity contribution in [3.05, 3.63) is 83.0 Å². The van der Waals surface area contributed by atoms with Crippen molar-refractivity contribution in [1.82, 2.24) is 4.98 Å². The quantitative estimate of drug-likeness (QED) is 0.521. The van der Waals surface area contributed by atoms with Crippen molar-refractivity contribution < 1.29 is 4.74 Å². The predicted molar refractivity (Wildman–Crippen MR) is 94.4 cm³/mol. The van der Waals surface area contributed by atoms with E-state index in [0.29, 0.717) is 0 Å². The summed E-state index contributed by atoms with van der Waals surface area (Å²) in [5.41, 5.74) is 8.39. The molecule has 23 heavy (non-hydrogen) atoms. The van der Waals surface area contributed by atoms with Crippen LogP contribution in [-0.4, -0.2) is 12.1 Å². The summed E-state index contributed by atoms with van der Waals surface area (Å²) < 4.78 is 5.24. The van der Waals surface area contributed by atoms with E-state index in [4.69, 9.17) is 4.74 Å². The van der Waals surface area contributed by atoms with Crippen LogP contribution in [0.3, 0.4) is 0 Å². The lowest BCUT2D eigenvalue weighted by Gasteiger charge is -2.05. The van der Waals surface area contributed by atoms with E-state index in [1.165, 1.54) is 27.8 Å². The highest BCUT2D eigenvalue weighted by Crippen LogP contribution is 2.44. The minimum atomic E-state index is 0.872. The second-order valence-electron chi connectivity index (χ2n) is 5.78. The Kier molecular flexibility index (Phi) is 3.23. The highest BCUT2D eigenvalue weighted by molar-refractivity contribution is 6.05. The second kappa shape index (κ2) is 5.40. The molecule has 1 aliphatic rings. The molecule has 2 nitrogen and oxygen atoms in total. The van der Waals surface area contributed by atoms with Crippen LogP contribution >= 0.6 is 0 Å². The molecule has 0 saturated carbocycles. The Balaban J connectivity index is 1.90. The van der Waals surface area contributed by atoms with Gasteiger partial charge in [0, 0.05) is 17.3 Å². The number of nitrogens with zero attached hydrogens (tertiary/aromatic N) is 1. The number of aryl methyl sites for hydroxylation is 1. The van der Waals surface area contributed by atoms with Crippen LogP contribution in [0.15, 0.2) is 60.8 Å². The molecule has 1 heterocycles. The average Bonchev–Trinajstić information content (AvgIpc) is 2.89. The molecular formula is C21H17NO. The largest absolute Gasteiger partial charge is 0.497 e. The molecule has 4 rings (SSSR count). The molecule has 112 valence electrons. The molecule has 0 fully saturated rings. The molecule has 2 aromatic carbocycles. The molecule has 0 atom stereocenters. The monoisotopic (exact) mass is 299 g/mol. The van der Waals surface area contributed by atoms with Crippen LogP contribution in [0.1, 0.15) is 22.3 Å². The molecule has 0 saturated heterocycles. The molecule has 1 aliphatic carbocycles. The topological polar surface area (TPSA) is 22.1 Å². The molecule has 0 unspecified atom stereocenters. The van der Waals surface area contributed by atoms with E-state index in [9.17, 15) is 0 Å². The maximum atomic E-state index is 5.24. The second-order valence-corrected chi connectivity index (χ2v) is 5.78. The molecule has 3 aromatic rings. The summed E-state index contributed by atoms with van der Waals surface area (Å²) >= 11 is 0. The van der Waals surface area contributed by atoms with Crippen molar-refractivity contribution in [2.24, 2.45) is 0 Å². The number of ether oxygens (including phenoxy) is 1. The smallest absolute Gasteiger partial charge is 0.118 e. The zero-order chi connectivity index (χ0) is 15.8. The number of hydrogen-bond donors (Lipinski definition) is 0. The number of benzene rings is 2. The van der Waals surface area contributed by atoms with Crippen molar-refractivity contribution in [3.8, 4) is 17.0 Å². The van der Waals surface area contributed by atoms with Gasteiger partial charge in [-0.2, -0.15) is 0 Å². The Morgan fingerprint density at radius 2 is 1.74 bits per heavy atom. The number of fused-ring (bicyclic) bond motifs is 3. The van der Waals surface area contributed by atoms with E-state index in [0.717, 1.165) is 17.0 Å². The first-order valence-corrected chi connectivity index (χ1v) is 7.69. The fourth-order valence-corrected chi connectivity index (χ4v) is 3.09. The third-order valence-corrected chi connectivity index (χ3v) is 4.25. The van der Waals surface area contributed by atoms with Gasteiger partial charge in [-0.3, -0.25) is 4.98 Å². The van der Waals surface area contributed by atoms with Gasteiger partial charge in [0.1, 0.15) is 5.75 Å². The van der Waals surface area contributed by atoms with Crippen LogP contribution in [-0.2, 0) is 0 Å². The first-order valence-electron chi connectivity index (χ1n) is 7.69. The number of hydrogen-bond acceptors (Lipinski definition) is 2. The molecule has 0 bridgehead atoms. The van der Waals surface area contributed by atoms with E-state index >= 15 is 0 Å². The Hall–Kier alpha value is -2.87. The van der Waals surface area contributed by atoms with Crippen molar-refractivity contribution >= 4 is 11.6 Å². The summed E-state index contributed by atoms with van der Waals surface area (Å²) in [6.07, 6.45) is 4.09. The van der Waals surface area contributed by atoms with Gasteiger partial charge in [0.25, 0.3) is 0 Å². The van der Waals surface area contributed by atoms with Crippen LogP contribution < -0.4 is 4.74 Å². The lowest BCUT2D eigenvalue weighted by Crippen LogP contribution is -1.85. The van der Waals surface area contributed by atoms with Crippen LogP contribution in [0.5, 0.6) is 5.75 Å². The Morgan fingerprint density at radius 3 is 2.52 bits per heavy atom. The zero-order valence-corrected chi connectivity index (χ0v) is 13.2. The van der Waals surface area contributed by atoms with E-state index < -0.39 is 0 Å². The van der Waals surface area contributed by atoms with E-state index in [2.05, 4.69) is 54.4 Å². The van der Waals surface area contributed by atoms with Gasteiger partial charge in [0.05, 0.1) is 12.8 Å². The zero-order valence-electron chi connectivity index (χ0n) is 13.2. The number of pyridine rings is 1. The van der Waals surface area contributed by atoms with Gasteiger partial charge in [-0.25, -0.2) is 0 Å². The minimum absolute atomic E-state index is 0.872. The molecule has 0 N–H and O–H groups in total. The normalized spacial score (nSPS) is 13.7. The molecule has 0 spiro atoms. The van der Waals surface area contributed by atoms with E-state index in [1.54, 1.807) is 7.11 Å². The molecule has 1 aromatic heterocycles. The Bertz CT molecular complexity index is 907. The highest BCUT2D eigenvalue weighted by Gasteiger charge is 2.24. The summed E-state index contributed by atoms with van der Waals surface area (Å²) in [4.78, 5) is 4.59. The van der Waals surface area contributed by atoms with Crippen molar-refractivity contribution in [3.63, 3.8) is 0 Å². The van der Waals surface area contributed by atoms with Gasteiger partial charge in [-0.05, 0) is 47.9 Å². The van der Waals surface area contributed by atoms with E-state index in [1.807, 2.05) is 24.4 Å². The number of rotatable bonds is 2. The molecule has 0 aliphatic heterocycles. The number of aromatic nitrogens is 1. The molecular weight excluding hydrogens is 282 g/mol. The van der Waals surface area contributed by atoms with Gasteiger partial charge < -0.3 is 4.74 Å². The Morgan fingerprint density at radius 1 is 0.913 bits per heavy atom. The predicted octanol–water partition coefficient (Wildman–Crippen LogP) is 4.97. The maximum Gasteiger partial charge on any atom is 0.118 e. The van der Waals surface area contributed by atoms with Crippen molar-refractivity contribution in [2.75, 3.05) is 7.11 Å². The van der Waals surface area contributed by atoms with E-state index in [-0.39, 0.29) is 0 Å². The van der Waals surface area contributed by atoms with Crippen LogP contribution in [0, 0.1) is 6.92 Å². The van der Waals surface area contributed by atoms with Crippen LogP contribution in [0.2, 0.25) is 0 Å². The lowest BCUT2D eigenvalue weighted by atomic mass is 10.00. The molecule has 0 radical (unpaired) electrons. The summed E-state index contributed by atoms with van der Waals surface area (Å²) in [7, 11) is 1.69. The van der Waals surface area contributed by atoms with Gasteiger partial charge in [0.15, 0.2) is 0 Å². The van der Waals surface area contributed by atoms with Crippen molar-refractivity contribution in [1.29, 1.82) is 0 Å². The summed E-state index contributed by atoms with van der Waals surface area (Å²) in [6.45, 7) is 2.13. The highest BCUT2D eigenvalue weighted by atomic mass is 16.5. The van der Waals surface area contributed by atoms with Gasteiger partial charge in [-0.15, -0.1) is 0 Å². The number of methoxy groups -OCH3 is 1. The van der Waals surface area contributed by atoms with Crippen LogP contribution in [0.4, 0.5) is 0 Å². The van der Waals surface area contributed by atoms with Crippen LogP contribution in [0.25, 0.3) is 22.9 Å². The molecule has 0 amide bonds.